The predicted molar refractivity (Wildman–Crippen MR) is 106 cm³/mol. The molecule has 2 rings (SSSR count). The Morgan fingerprint density at radius 3 is 2.69 bits per heavy atom. The van der Waals surface area contributed by atoms with Crippen LogP contribution in [0.2, 0.25) is 5.02 Å². The van der Waals surface area contributed by atoms with Gasteiger partial charge >= 0.3 is 0 Å². The van der Waals surface area contributed by atoms with E-state index >= 15 is 0 Å². The number of aryl methyl sites for hydroxylation is 1. The van der Waals surface area contributed by atoms with Gasteiger partial charge in [0.25, 0.3) is 0 Å². The number of benzene rings is 1. The molecule has 2 N–H and O–H groups in total. The summed E-state index contributed by atoms with van der Waals surface area (Å²) in [7, 11) is -1.12. The lowest BCUT2D eigenvalue weighted by atomic mass is 10.0. The molecule has 4 nitrogen and oxygen atoms in total. The Bertz CT molecular complexity index is 846. The molecule has 0 saturated heterocycles. The summed E-state index contributed by atoms with van der Waals surface area (Å²) in [5, 5.41) is 4.95. The summed E-state index contributed by atoms with van der Waals surface area (Å²) >= 11 is 6.34. The summed E-state index contributed by atoms with van der Waals surface area (Å²) < 4.78 is 27.7. The van der Waals surface area contributed by atoms with Crippen LogP contribution < -0.4 is 5.73 Å². The van der Waals surface area contributed by atoms with Crippen molar-refractivity contribution in [3.8, 4) is 0 Å². The zero-order valence-electron chi connectivity index (χ0n) is 15.6. The Kier molecular flexibility index (Phi) is 7.15. The highest BCUT2D eigenvalue weighted by Crippen LogP contribution is 2.26. The van der Waals surface area contributed by atoms with Crippen molar-refractivity contribution in [3.05, 3.63) is 57.6 Å². The van der Waals surface area contributed by atoms with Crippen LogP contribution in [0.5, 0.6) is 0 Å². The number of aromatic nitrogens is 2. The molecule has 7 heteroatoms. The van der Waals surface area contributed by atoms with Crippen LogP contribution in [0, 0.1) is 13.8 Å². The Morgan fingerprint density at radius 1 is 1.42 bits per heavy atom. The third kappa shape index (κ3) is 4.81. The first-order valence-corrected chi connectivity index (χ1v) is 10.1. The topological polar surface area (TPSA) is 60.9 Å². The van der Waals surface area contributed by atoms with Gasteiger partial charge in [0, 0.05) is 29.5 Å². The molecule has 0 fully saturated rings. The highest BCUT2D eigenvalue weighted by Gasteiger charge is 2.16. The quantitative estimate of drug-likeness (QED) is 0.765. The normalized spacial score (nSPS) is 13.5. The van der Waals surface area contributed by atoms with Crippen LogP contribution in [0.3, 0.4) is 0 Å². The van der Waals surface area contributed by atoms with Crippen molar-refractivity contribution in [2.45, 2.75) is 50.8 Å². The van der Waals surface area contributed by atoms with Gasteiger partial charge < -0.3 is 5.73 Å². The molecule has 0 aliphatic carbocycles. The van der Waals surface area contributed by atoms with E-state index in [2.05, 4.69) is 5.10 Å². The van der Waals surface area contributed by atoms with E-state index in [0.29, 0.717) is 16.3 Å². The number of nitrogens with zero attached hydrogens (tertiary/aromatic N) is 2. The minimum atomic E-state index is -1.12. The monoisotopic (exact) mass is 397 g/mol. The summed E-state index contributed by atoms with van der Waals surface area (Å²) in [6.45, 7) is 7.89. The Hall–Kier alpha value is -1.50. The van der Waals surface area contributed by atoms with Crippen molar-refractivity contribution in [2.75, 3.05) is 6.54 Å². The molecule has 1 aromatic carbocycles. The highest BCUT2D eigenvalue weighted by atomic mass is 35.5. The molecule has 2 aromatic rings. The van der Waals surface area contributed by atoms with Crippen molar-refractivity contribution in [1.82, 2.24) is 9.78 Å². The smallest absolute Gasteiger partial charge is 0.119 e. The largest absolute Gasteiger partial charge is 0.327 e. The van der Waals surface area contributed by atoms with Crippen LogP contribution in [0.4, 0.5) is 4.39 Å². The molecule has 0 spiro atoms. The van der Waals surface area contributed by atoms with Crippen molar-refractivity contribution < 1.29 is 8.60 Å². The lowest BCUT2D eigenvalue weighted by Gasteiger charge is -2.10. The number of rotatable bonds is 7. The number of allylic oxidation sites excluding steroid dienone is 1. The number of halogens is 2. The summed E-state index contributed by atoms with van der Waals surface area (Å²) in [5.74, 6) is -0.298. The maximum atomic E-state index is 13.7. The lowest BCUT2D eigenvalue weighted by molar-refractivity contribution is 0.517. The van der Waals surface area contributed by atoms with Crippen LogP contribution >= 0.6 is 11.6 Å². The molecule has 1 heterocycles. The maximum Gasteiger partial charge on any atom is 0.119 e. The fourth-order valence-electron chi connectivity index (χ4n) is 2.75. The van der Waals surface area contributed by atoms with Crippen LogP contribution in [-0.2, 0) is 23.8 Å². The second-order valence-electron chi connectivity index (χ2n) is 6.48. The average Bonchev–Trinajstić information content (AvgIpc) is 2.82. The van der Waals surface area contributed by atoms with Crippen LogP contribution in [0.25, 0.3) is 0 Å². The maximum absolute atomic E-state index is 13.7. The Labute approximate surface area is 161 Å². The zero-order chi connectivity index (χ0) is 19.4. The Balaban J connectivity index is 2.26. The van der Waals surface area contributed by atoms with Gasteiger partial charge in [-0.25, -0.2) is 4.39 Å². The third-order valence-corrected chi connectivity index (χ3v) is 6.26. The first kappa shape index (κ1) is 20.8. The fraction of sp³-hybridized carbons (Fsp3) is 0.421. The van der Waals surface area contributed by atoms with Gasteiger partial charge in [-0.05, 0) is 37.6 Å². The van der Waals surface area contributed by atoms with Gasteiger partial charge in [-0.1, -0.05) is 31.5 Å². The molecule has 1 atom stereocenters. The van der Waals surface area contributed by atoms with E-state index in [9.17, 15) is 8.60 Å². The predicted octanol–water partition coefficient (Wildman–Crippen LogP) is 4.07. The van der Waals surface area contributed by atoms with E-state index in [0.717, 1.165) is 22.5 Å². The molecule has 0 radical (unpaired) electrons. The standard InChI is InChI=1S/C19H25ClFN3OS/c1-12(2)26(25)19-6-5-15(10-18(19)20)9-17-13(3)23-24(14(17)4)11-16(21)7-8-22/h5-7,10,12H,8-9,11,22H2,1-4H3/b16-7-. The average molecular weight is 398 g/mol. The summed E-state index contributed by atoms with van der Waals surface area (Å²) in [4.78, 5) is 0.656. The third-order valence-electron chi connectivity index (χ3n) is 4.19. The molecule has 26 heavy (non-hydrogen) atoms. The van der Waals surface area contributed by atoms with E-state index < -0.39 is 10.8 Å². The van der Waals surface area contributed by atoms with E-state index in [1.807, 2.05) is 45.9 Å². The fourth-order valence-corrected chi connectivity index (χ4v) is 4.15. The van der Waals surface area contributed by atoms with E-state index in [1.54, 1.807) is 4.68 Å². The summed E-state index contributed by atoms with van der Waals surface area (Å²) in [6.07, 6.45) is 1.98. The molecule has 0 amide bonds. The lowest BCUT2D eigenvalue weighted by Crippen LogP contribution is -2.06. The Morgan fingerprint density at radius 2 is 2.12 bits per heavy atom. The molecular weight excluding hydrogens is 373 g/mol. The molecular formula is C19H25ClFN3OS. The highest BCUT2D eigenvalue weighted by molar-refractivity contribution is 7.85. The second-order valence-corrected chi connectivity index (χ2v) is 8.87. The van der Waals surface area contributed by atoms with Gasteiger partial charge in [-0.2, -0.15) is 5.10 Å². The minimum Gasteiger partial charge on any atom is -0.327 e. The van der Waals surface area contributed by atoms with Crippen molar-refractivity contribution in [3.63, 3.8) is 0 Å². The van der Waals surface area contributed by atoms with Gasteiger partial charge in [0.1, 0.15) is 5.83 Å². The van der Waals surface area contributed by atoms with Gasteiger partial charge in [-0.15, -0.1) is 0 Å². The van der Waals surface area contributed by atoms with Crippen molar-refractivity contribution in [2.24, 2.45) is 5.73 Å². The van der Waals surface area contributed by atoms with E-state index in [4.69, 9.17) is 17.3 Å². The number of hydrogen-bond acceptors (Lipinski definition) is 3. The molecule has 0 bridgehead atoms. The SMILES string of the molecule is Cc1nn(C/C(F)=C/CN)c(C)c1Cc1ccc(S(=O)C(C)C)c(Cl)c1. The van der Waals surface area contributed by atoms with Gasteiger partial charge in [0.2, 0.25) is 0 Å². The van der Waals surface area contributed by atoms with Gasteiger partial charge in [0.15, 0.2) is 0 Å². The van der Waals surface area contributed by atoms with Crippen LogP contribution in [0.1, 0.15) is 36.4 Å². The number of hydrogen-bond donors (Lipinski definition) is 1. The molecule has 1 aromatic heterocycles. The van der Waals surface area contributed by atoms with Crippen molar-refractivity contribution >= 4 is 22.4 Å². The first-order chi connectivity index (χ1) is 12.2. The summed E-state index contributed by atoms with van der Waals surface area (Å²) in [6, 6.07) is 5.61. The first-order valence-electron chi connectivity index (χ1n) is 8.51. The van der Waals surface area contributed by atoms with Gasteiger partial charge in [-0.3, -0.25) is 8.89 Å². The van der Waals surface area contributed by atoms with E-state index in [-0.39, 0.29) is 24.2 Å². The molecule has 142 valence electrons. The molecule has 0 aliphatic heterocycles. The molecule has 0 aliphatic rings. The molecule has 1 unspecified atom stereocenters. The van der Waals surface area contributed by atoms with Crippen molar-refractivity contribution in [1.29, 1.82) is 0 Å². The minimum absolute atomic E-state index is 0.0116. The van der Waals surface area contributed by atoms with Crippen LogP contribution in [-0.4, -0.2) is 25.8 Å². The second kappa shape index (κ2) is 8.93. The number of nitrogens with two attached hydrogens (primary N) is 1. The molecule has 0 saturated carbocycles. The van der Waals surface area contributed by atoms with Crippen LogP contribution in [0.15, 0.2) is 35.0 Å². The van der Waals surface area contributed by atoms with Gasteiger partial charge in [0.05, 0.1) is 33.0 Å². The van der Waals surface area contributed by atoms with E-state index in [1.165, 1.54) is 6.08 Å². The summed E-state index contributed by atoms with van der Waals surface area (Å²) in [5.41, 5.74) is 9.16. The zero-order valence-corrected chi connectivity index (χ0v) is 17.1.